The van der Waals surface area contributed by atoms with Crippen LogP contribution in [0.25, 0.3) is 0 Å². The molecule has 1 unspecified atom stereocenters. The maximum atomic E-state index is 4.54. The van der Waals surface area contributed by atoms with Crippen LogP contribution < -0.4 is 10.2 Å². The van der Waals surface area contributed by atoms with E-state index in [1.54, 1.807) is 0 Å². The van der Waals surface area contributed by atoms with Crippen LogP contribution in [0.15, 0.2) is 36.4 Å². The molecule has 0 amide bonds. The van der Waals surface area contributed by atoms with Crippen molar-refractivity contribution in [3.8, 4) is 0 Å². The molecular weight excluding hydrogens is 260 g/mol. The SMILES string of the molecule is CCC(C)Nc1cc(N(C)Cc2ccccc2)nc(C)n1. The van der Waals surface area contributed by atoms with E-state index in [9.17, 15) is 0 Å². The Morgan fingerprint density at radius 2 is 1.90 bits per heavy atom. The van der Waals surface area contributed by atoms with E-state index < -0.39 is 0 Å². The van der Waals surface area contributed by atoms with Crippen LogP contribution in [0.3, 0.4) is 0 Å². The molecule has 0 radical (unpaired) electrons. The first kappa shape index (κ1) is 15.3. The Morgan fingerprint density at radius 3 is 2.57 bits per heavy atom. The highest BCUT2D eigenvalue weighted by molar-refractivity contribution is 5.49. The van der Waals surface area contributed by atoms with Crippen LogP contribution in [0.5, 0.6) is 0 Å². The largest absolute Gasteiger partial charge is 0.367 e. The highest BCUT2D eigenvalue weighted by Gasteiger charge is 2.08. The molecule has 1 aromatic heterocycles. The van der Waals surface area contributed by atoms with Crippen LogP contribution >= 0.6 is 0 Å². The lowest BCUT2D eigenvalue weighted by molar-refractivity contribution is 0.756. The fourth-order valence-electron chi connectivity index (χ4n) is 2.11. The van der Waals surface area contributed by atoms with Crippen molar-refractivity contribution in [3.63, 3.8) is 0 Å². The zero-order chi connectivity index (χ0) is 15.2. The lowest BCUT2D eigenvalue weighted by Crippen LogP contribution is -2.20. The molecule has 0 fully saturated rings. The molecule has 0 saturated heterocycles. The zero-order valence-electron chi connectivity index (χ0n) is 13.3. The number of nitrogens with zero attached hydrogens (tertiary/aromatic N) is 3. The summed E-state index contributed by atoms with van der Waals surface area (Å²) in [4.78, 5) is 11.1. The molecule has 0 aliphatic heterocycles. The van der Waals surface area contributed by atoms with Gasteiger partial charge in [0.05, 0.1) is 0 Å². The van der Waals surface area contributed by atoms with Crippen molar-refractivity contribution in [2.45, 2.75) is 39.8 Å². The van der Waals surface area contributed by atoms with Gasteiger partial charge in [-0.15, -0.1) is 0 Å². The molecular formula is C17H24N4. The summed E-state index contributed by atoms with van der Waals surface area (Å²) in [6.07, 6.45) is 1.07. The second-order valence-electron chi connectivity index (χ2n) is 5.45. The van der Waals surface area contributed by atoms with Gasteiger partial charge in [0.1, 0.15) is 17.5 Å². The third kappa shape index (κ3) is 4.45. The van der Waals surface area contributed by atoms with Crippen LogP contribution in [0.1, 0.15) is 31.7 Å². The van der Waals surface area contributed by atoms with Crippen LogP contribution in [0.4, 0.5) is 11.6 Å². The number of hydrogen-bond donors (Lipinski definition) is 1. The van der Waals surface area contributed by atoms with E-state index in [1.165, 1.54) is 5.56 Å². The van der Waals surface area contributed by atoms with Gasteiger partial charge in [-0.25, -0.2) is 9.97 Å². The Kier molecular flexibility index (Phi) is 5.14. The molecule has 1 N–H and O–H groups in total. The Morgan fingerprint density at radius 1 is 1.19 bits per heavy atom. The molecule has 4 nitrogen and oxygen atoms in total. The second-order valence-corrected chi connectivity index (χ2v) is 5.45. The molecule has 21 heavy (non-hydrogen) atoms. The summed E-state index contributed by atoms with van der Waals surface area (Å²) < 4.78 is 0. The maximum absolute atomic E-state index is 4.54. The fraction of sp³-hybridized carbons (Fsp3) is 0.412. The first-order valence-corrected chi connectivity index (χ1v) is 7.45. The van der Waals surface area contributed by atoms with Gasteiger partial charge in [-0.2, -0.15) is 0 Å². The average Bonchev–Trinajstić information content (AvgIpc) is 2.47. The van der Waals surface area contributed by atoms with E-state index in [1.807, 2.05) is 19.1 Å². The molecule has 0 saturated carbocycles. The third-order valence-corrected chi connectivity index (χ3v) is 3.48. The van der Waals surface area contributed by atoms with Gasteiger partial charge < -0.3 is 10.2 Å². The van der Waals surface area contributed by atoms with Crippen LogP contribution in [-0.4, -0.2) is 23.1 Å². The summed E-state index contributed by atoms with van der Waals surface area (Å²) in [6.45, 7) is 7.08. The highest BCUT2D eigenvalue weighted by atomic mass is 15.2. The molecule has 0 aliphatic rings. The minimum Gasteiger partial charge on any atom is -0.367 e. The van der Waals surface area contributed by atoms with Gasteiger partial charge in [0.25, 0.3) is 0 Å². The van der Waals surface area contributed by atoms with Crippen molar-refractivity contribution in [2.75, 3.05) is 17.3 Å². The first-order valence-electron chi connectivity index (χ1n) is 7.45. The molecule has 0 aliphatic carbocycles. The zero-order valence-corrected chi connectivity index (χ0v) is 13.3. The molecule has 112 valence electrons. The van der Waals surface area contributed by atoms with E-state index in [0.717, 1.165) is 30.4 Å². The second kappa shape index (κ2) is 7.07. The summed E-state index contributed by atoms with van der Waals surface area (Å²) in [7, 11) is 2.06. The summed E-state index contributed by atoms with van der Waals surface area (Å²) in [5.74, 6) is 2.63. The summed E-state index contributed by atoms with van der Waals surface area (Å²) in [5.41, 5.74) is 1.27. The smallest absolute Gasteiger partial charge is 0.134 e. The Balaban J connectivity index is 2.15. The third-order valence-electron chi connectivity index (χ3n) is 3.48. The molecule has 1 atom stereocenters. The monoisotopic (exact) mass is 284 g/mol. The number of anilines is 2. The predicted octanol–water partition coefficient (Wildman–Crippen LogP) is 3.63. The quantitative estimate of drug-likeness (QED) is 0.879. The Hall–Kier alpha value is -2.10. The van der Waals surface area contributed by atoms with Crippen LogP contribution in [-0.2, 0) is 6.54 Å². The van der Waals surface area contributed by atoms with Crippen molar-refractivity contribution < 1.29 is 0 Å². The molecule has 0 bridgehead atoms. The Labute approximate surface area is 127 Å². The average molecular weight is 284 g/mol. The topological polar surface area (TPSA) is 41.0 Å². The van der Waals surface area contributed by atoms with Crippen molar-refractivity contribution in [1.82, 2.24) is 9.97 Å². The maximum Gasteiger partial charge on any atom is 0.134 e. The summed E-state index contributed by atoms with van der Waals surface area (Å²) >= 11 is 0. The summed E-state index contributed by atoms with van der Waals surface area (Å²) in [6, 6.07) is 12.8. The standard InChI is InChI=1S/C17H24N4/c1-5-13(2)18-16-11-17(20-14(3)19-16)21(4)12-15-9-7-6-8-10-15/h6-11,13H,5,12H2,1-4H3,(H,18,19,20). The minimum atomic E-state index is 0.409. The molecule has 0 spiro atoms. The van der Waals surface area contributed by atoms with E-state index in [-0.39, 0.29) is 0 Å². The lowest BCUT2D eigenvalue weighted by Gasteiger charge is -2.20. The van der Waals surface area contributed by atoms with Crippen molar-refractivity contribution in [3.05, 3.63) is 47.8 Å². The normalized spacial score (nSPS) is 12.0. The molecule has 1 aromatic carbocycles. The molecule has 4 heteroatoms. The van der Waals surface area contributed by atoms with E-state index in [2.05, 4.69) is 65.3 Å². The van der Waals surface area contributed by atoms with E-state index in [4.69, 9.17) is 0 Å². The van der Waals surface area contributed by atoms with Crippen LogP contribution in [0, 0.1) is 6.92 Å². The van der Waals surface area contributed by atoms with Crippen molar-refractivity contribution in [1.29, 1.82) is 0 Å². The fourth-order valence-corrected chi connectivity index (χ4v) is 2.11. The molecule has 2 rings (SSSR count). The first-order chi connectivity index (χ1) is 10.1. The lowest BCUT2D eigenvalue weighted by atomic mass is 10.2. The van der Waals surface area contributed by atoms with Gasteiger partial charge in [-0.1, -0.05) is 37.3 Å². The predicted molar refractivity (Wildman–Crippen MR) is 88.7 cm³/mol. The molecule has 2 aromatic rings. The minimum absolute atomic E-state index is 0.409. The number of benzene rings is 1. The Bertz CT molecular complexity index is 568. The van der Waals surface area contributed by atoms with Gasteiger partial charge >= 0.3 is 0 Å². The number of nitrogens with one attached hydrogen (secondary N) is 1. The van der Waals surface area contributed by atoms with Gasteiger partial charge in [-0.05, 0) is 25.8 Å². The van der Waals surface area contributed by atoms with Crippen molar-refractivity contribution in [2.24, 2.45) is 0 Å². The highest BCUT2D eigenvalue weighted by Crippen LogP contribution is 2.17. The molecule has 1 heterocycles. The number of aryl methyl sites for hydroxylation is 1. The summed E-state index contributed by atoms with van der Waals surface area (Å²) in [5, 5.41) is 3.41. The van der Waals surface area contributed by atoms with Gasteiger partial charge in [0.2, 0.25) is 0 Å². The van der Waals surface area contributed by atoms with Gasteiger partial charge in [0.15, 0.2) is 0 Å². The van der Waals surface area contributed by atoms with E-state index >= 15 is 0 Å². The number of hydrogen-bond acceptors (Lipinski definition) is 4. The number of aromatic nitrogens is 2. The number of rotatable bonds is 6. The van der Waals surface area contributed by atoms with Gasteiger partial charge in [0, 0.05) is 25.7 Å². The van der Waals surface area contributed by atoms with Crippen LogP contribution in [0.2, 0.25) is 0 Å². The van der Waals surface area contributed by atoms with Crippen molar-refractivity contribution >= 4 is 11.6 Å². The van der Waals surface area contributed by atoms with E-state index in [0.29, 0.717) is 6.04 Å². The van der Waals surface area contributed by atoms with Gasteiger partial charge in [-0.3, -0.25) is 0 Å².